The summed E-state index contributed by atoms with van der Waals surface area (Å²) in [5.74, 6) is -1.07. The van der Waals surface area contributed by atoms with Crippen LogP contribution in [0.15, 0.2) is 28.0 Å². The van der Waals surface area contributed by atoms with Crippen molar-refractivity contribution < 1.29 is 30.9 Å². The first-order chi connectivity index (χ1) is 8.07. The molecule has 0 spiro atoms. The van der Waals surface area contributed by atoms with E-state index in [1.807, 2.05) is 0 Å². The third-order valence-electron chi connectivity index (χ3n) is 1.92. The van der Waals surface area contributed by atoms with E-state index in [2.05, 4.69) is 4.74 Å². The number of methoxy groups -OCH3 is 1. The van der Waals surface area contributed by atoms with Crippen LogP contribution in [0.5, 0.6) is 0 Å². The molecule has 1 N–H and O–H groups in total. The highest BCUT2D eigenvalue weighted by Gasteiger charge is 2.23. The molecule has 7 nitrogen and oxygen atoms in total. The highest BCUT2D eigenvalue weighted by molar-refractivity contribution is 14.2. The number of ether oxygens (including phenoxy) is 1. The number of halogens is 1. The molecule has 100 valence electrons. The molecule has 0 fully saturated rings. The number of esters is 1. The summed E-state index contributed by atoms with van der Waals surface area (Å²) in [6.45, 7) is 0. The van der Waals surface area contributed by atoms with Gasteiger partial charge in [0.15, 0.2) is 0 Å². The molecule has 0 radical (unpaired) electrons. The van der Waals surface area contributed by atoms with Gasteiger partial charge < -0.3 is 4.74 Å². The zero-order valence-corrected chi connectivity index (χ0v) is 12.6. The maximum atomic E-state index is 11.4. The van der Waals surface area contributed by atoms with Crippen molar-refractivity contribution in [3.8, 4) is 0 Å². The topological polar surface area (TPSA) is 115 Å². The van der Waals surface area contributed by atoms with Crippen molar-refractivity contribution in [2.24, 2.45) is 0 Å². The second-order valence-electron chi connectivity index (χ2n) is 3.06. The maximum Gasteiger partial charge on any atom is 0.339 e. The lowest BCUT2D eigenvalue weighted by molar-refractivity contribution is 0.0595. The minimum Gasteiger partial charge on any atom is -0.465 e. The summed E-state index contributed by atoms with van der Waals surface area (Å²) in [5.41, 5.74) is -0.544. The SMILES string of the molecule is COC(=O)c1cc(S(=O)(=O)I)ccc1S(=O)(=O)O. The van der Waals surface area contributed by atoms with Gasteiger partial charge in [0.05, 0.1) is 38.8 Å². The summed E-state index contributed by atoms with van der Waals surface area (Å²) in [6.07, 6.45) is 0. The molecule has 1 rings (SSSR count). The van der Waals surface area contributed by atoms with E-state index in [4.69, 9.17) is 4.55 Å². The Kier molecular flexibility index (Phi) is 4.35. The van der Waals surface area contributed by atoms with E-state index < -0.39 is 33.6 Å². The molecule has 0 aromatic heterocycles. The van der Waals surface area contributed by atoms with Crippen LogP contribution in [-0.2, 0) is 21.9 Å². The molecule has 0 unspecified atom stereocenters. The molecule has 1 aromatic rings. The van der Waals surface area contributed by atoms with Gasteiger partial charge in [-0.3, -0.25) is 4.55 Å². The zero-order valence-electron chi connectivity index (χ0n) is 8.82. The van der Waals surface area contributed by atoms with Crippen molar-refractivity contribution in [2.45, 2.75) is 9.79 Å². The summed E-state index contributed by atoms with van der Waals surface area (Å²) in [5, 5.41) is 0. The molecule has 0 aliphatic heterocycles. The van der Waals surface area contributed by atoms with Gasteiger partial charge in [-0.15, -0.1) is 0 Å². The highest BCUT2D eigenvalue weighted by atomic mass is 127. The molecule has 0 aliphatic rings. The van der Waals surface area contributed by atoms with Crippen LogP contribution in [0, 0.1) is 0 Å². The Morgan fingerprint density at radius 1 is 1.28 bits per heavy atom. The summed E-state index contributed by atoms with van der Waals surface area (Å²) in [6, 6.07) is 2.63. The molecule has 0 saturated carbocycles. The van der Waals surface area contributed by atoms with Crippen LogP contribution in [0.1, 0.15) is 10.4 Å². The molecule has 0 heterocycles. The van der Waals surface area contributed by atoms with E-state index in [9.17, 15) is 21.6 Å². The quantitative estimate of drug-likeness (QED) is 0.343. The number of carbonyl (C=O) groups is 1. The van der Waals surface area contributed by atoms with Gasteiger partial charge >= 0.3 is 5.97 Å². The van der Waals surface area contributed by atoms with Crippen LogP contribution >= 0.6 is 21.2 Å². The number of benzene rings is 1. The van der Waals surface area contributed by atoms with Crippen molar-refractivity contribution in [2.75, 3.05) is 7.11 Å². The summed E-state index contributed by atoms with van der Waals surface area (Å²) in [4.78, 5) is 10.4. The summed E-state index contributed by atoms with van der Waals surface area (Å²) < 4.78 is 57.9. The van der Waals surface area contributed by atoms with Gasteiger partial charge in [0.25, 0.3) is 10.1 Å². The second kappa shape index (κ2) is 5.11. The van der Waals surface area contributed by atoms with Crippen molar-refractivity contribution in [3.05, 3.63) is 23.8 Å². The first-order valence-electron chi connectivity index (χ1n) is 4.22. The normalized spacial score (nSPS) is 12.2. The molecule has 0 saturated heterocycles. The Bertz CT molecular complexity index is 690. The van der Waals surface area contributed by atoms with E-state index in [0.717, 1.165) is 46.5 Å². The lowest BCUT2D eigenvalue weighted by atomic mass is 10.2. The van der Waals surface area contributed by atoms with Crippen molar-refractivity contribution >= 4 is 44.3 Å². The predicted octanol–water partition coefficient (Wildman–Crippen LogP) is 0.844. The first-order valence-corrected chi connectivity index (χ1v) is 9.68. The monoisotopic (exact) mass is 406 g/mol. The van der Waals surface area contributed by atoms with E-state index >= 15 is 0 Å². The molecule has 1 aromatic carbocycles. The first kappa shape index (κ1) is 15.3. The number of hydrogen-bond donors (Lipinski definition) is 1. The van der Waals surface area contributed by atoms with Gasteiger partial charge in [-0.05, 0) is 18.2 Å². The molecule has 18 heavy (non-hydrogen) atoms. The maximum absolute atomic E-state index is 11.4. The third kappa shape index (κ3) is 3.40. The fourth-order valence-corrected chi connectivity index (χ4v) is 3.13. The van der Waals surface area contributed by atoms with Crippen LogP contribution in [0.2, 0.25) is 0 Å². The number of carbonyl (C=O) groups excluding carboxylic acids is 1. The molecular formula is C8H7IO7S2. The van der Waals surface area contributed by atoms with Gasteiger partial charge in [-0.2, -0.15) is 8.42 Å². The molecule has 0 amide bonds. The molecule has 0 bridgehead atoms. The van der Waals surface area contributed by atoms with E-state index in [1.54, 1.807) is 0 Å². The Balaban J connectivity index is 3.65. The molecule has 10 heteroatoms. The highest BCUT2D eigenvalue weighted by Crippen LogP contribution is 2.24. The lowest BCUT2D eigenvalue weighted by Gasteiger charge is -2.06. The number of rotatable bonds is 3. The fraction of sp³-hybridized carbons (Fsp3) is 0.125. The minimum absolute atomic E-state index is 0.268. The van der Waals surface area contributed by atoms with Crippen molar-refractivity contribution in [1.29, 1.82) is 0 Å². The Hall–Kier alpha value is -0.720. The molecular weight excluding hydrogens is 399 g/mol. The van der Waals surface area contributed by atoms with Gasteiger partial charge in [0.2, 0.25) is 7.01 Å². The van der Waals surface area contributed by atoms with E-state index in [1.165, 1.54) is 0 Å². The Morgan fingerprint density at radius 2 is 1.83 bits per heavy atom. The van der Waals surface area contributed by atoms with Crippen LogP contribution in [0.3, 0.4) is 0 Å². The average molecular weight is 406 g/mol. The molecule has 0 atom stereocenters. The smallest absolute Gasteiger partial charge is 0.339 e. The second-order valence-corrected chi connectivity index (χ2v) is 9.28. The predicted molar refractivity (Wildman–Crippen MR) is 68.8 cm³/mol. The van der Waals surface area contributed by atoms with Crippen LogP contribution in [0.25, 0.3) is 0 Å². The van der Waals surface area contributed by atoms with Crippen molar-refractivity contribution in [3.63, 3.8) is 0 Å². The van der Waals surface area contributed by atoms with Crippen LogP contribution in [0.4, 0.5) is 0 Å². The van der Waals surface area contributed by atoms with Gasteiger partial charge in [-0.25, -0.2) is 13.2 Å². The van der Waals surface area contributed by atoms with Gasteiger partial charge in [0.1, 0.15) is 4.90 Å². The van der Waals surface area contributed by atoms with Gasteiger partial charge in [0, 0.05) is 0 Å². The lowest BCUT2D eigenvalue weighted by Crippen LogP contribution is -2.11. The largest absolute Gasteiger partial charge is 0.465 e. The van der Waals surface area contributed by atoms with E-state index in [-0.39, 0.29) is 4.90 Å². The van der Waals surface area contributed by atoms with Crippen LogP contribution < -0.4 is 0 Å². The minimum atomic E-state index is -4.65. The number of hydrogen-bond acceptors (Lipinski definition) is 6. The Labute approximate surface area is 115 Å². The van der Waals surface area contributed by atoms with E-state index in [0.29, 0.717) is 0 Å². The average Bonchev–Trinajstić information content (AvgIpc) is 2.24. The van der Waals surface area contributed by atoms with Crippen LogP contribution in [-0.4, -0.2) is 34.5 Å². The van der Waals surface area contributed by atoms with Gasteiger partial charge in [-0.1, -0.05) is 0 Å². The zero-order chi connectivity index (χ0) is 14.1. The fourth-order valence-electron chi connectivity index (χ4n) is 1.16. The van der Waals surface area contributed by atoms with Crippen molar-refractivity contribution in [1.82, 2.24) is 0 Å². The summed E-state index contributed by atoms with van der Waals surface area (Å²) in [7, 11) is -7.29. The standard InChI is InChI=1S/C8H7IO7S2/c1-16-8(10)6-4-5(17(9,11)12)2-3-7(6)18(13,14)15/h2-4H,1H3,(H,13,14,15). The summed E-state index contributed by atoms with van der Waals surface area (Å²) >= 11 is 1.14. The Morgan fingerprint density at radius 3 is 2.22 bits per heavy atom. The third-order valence-corrected chi connectivity index (χ3v) is 5.17. The molecule has 0 aliphatic carbocycles.